The molecule has 9 heteroatoms. The number of rotatable bonds is 2. The van der Waals surface area contributed by atoms with Crippen LogP contribution in [0.2, 0.25) is 5.02 Å². The number of hydrogen-bond donors (Lipinski definition) is 2. The van der Waals surface area contributed by atoms with Crippen LogP contribution in [0.15, 0.2) is 24.4 Å². The zero-order valence-corrected chi connectivity index (χ0v) is 10.4. The third kappa shape index (κ3) is 2.55. The number of aromatic nitrogens is 2. The molecule has 0 aliphatic heterocycles. The largest absolute Gasteiger partial charge is 0.478 e. The summed E-state index contributed by atoms with van der Waals surface area (Å²) in [7, 11) is 0. The van der Waals surface area contributed by atoms with E-state index in [1.54, 1.807) is 0 Å². The molecule has 0 saturated carbocycles. The maximum absolute atomic E-state index is 12.7. The monoisotopic (exact) mass is 305 g/mol. The second kappa shape index (κ2) is 4.71. The molecule has 0 atom stereocenters. The summed E-state index contributed by atoms with van der Waals surface area (Å²) in [6.45, 7) is 0. The molecule has 2 aromatic rings. The van der Waals surface area contributed by atoms with Gasteiger partial charge in [-0.25, -0.2) is 9.48 Å². The molecule has 0 amide bonds. The number of carboxylic acid groups (broad SMARTS) is 1. The quantitative estimate of drug-likeness (QED) is 0.836. The first-order chi connectivity index (χ1) is 9.20. The van der Waals surface area contributed by atoms with E-state index in [9.17, 15) is 18.0 Å². The first kappa shape index (κ1) is 14.2. The summed E-state index contributed by atoms with van der Waals surface area (Å²) < 4.78 is 38.9. The SMILES string of the molecule is Nc1ccc(-n2cc(C(=O)O)c(C(F)(F)F)n2)c(Cl)c1. The zero-order valence-electron chi connectivity index (χ0n) is 9.65. The molecule has 1 aromatic heterocycles. The summed E-state index contributed by atoms with van der Waals surface area (Å²) in [6, 6.07) is 4.08. The van der Waals surface area contributed by atoms with Gasteiger partial charge >= 0.3 is 12.1 Å². The fraction of sp³-hybridized carbons (Fsp3) is 0.0909. The average Bonchev–Trinajstić information content (AvgIpc) is 2.73. The van der Waals surface area contributed by atoms with E-state index in [2.05, 4.69) is 5.10 Å². The highest BCUT2D eigenvalue weighted by Crippen LogP contribution is 2.32. The van der Waals surface area contributed by atoms with Crippen molar-refractivity contribution in [3.8, 4) is 5.69 Å². The topological polar surface area (TPSA) is 81.1 Å². The summed E-state index contributed by atoms with van der Waals surface area (Å²) in [5.41, 5.74) is 3.44. The molecule has 20 heavy (non-hydrogen) atoms. The van der Waals surface area contributed by atoms with E-state index in [0.29, 0.717) is 5.69 Å². The van der Waals surface area contributed by atoms with Crippen molar-refractivity contribution >= 4 is 23.3 Å². The summed E-state index contributed by atoms with van der Waals surface area (Å²) in [5.74, 6) is -1.73. The summed E-state index contributed by atoms with van der Waals surface area (Å²) in [4.78, 5) is 10.8. The second-order valence-electron chi connectivity index (χ2n) is 3.85. The third-order valence-corrected chi connectivity index (χ3v) is 2.73. The minimum atomic E-state index is -4.88. The van der Waals surface area contributed by atoms with Gasteiger partial charge in [0.05, 0.1) is 10.7 Å². The fourth-order valence-corrected chi connectivity index (χ4v) is 1.85. The second-order valence-corrected chi connectivity index (χ2v) is 4.26. The lowest BCUT2D eigenvalue weighted by Crippen LogP contribution is -2.12. The number of anilines is 1. The number of aromatic carboxylic acids is 1. The summed E-state index contributed by atoms with van der Waals surface area (Å²) in [5, 5.41) is 12.1. The van der Waals surface area contributed by atoms with Crippen LogP contribution in [0.1, 0.15) is 16.1 Å². The lowest BCUT2D eigenvalue weighted by molar-refractivity contribution is -0.141. The number of benzene rings is 1. The van der Waals surface area contributed by atoms with Gasteiger partial charge in [0.2, 0.25) is 0 Å². The van der Waals surface area contributed by atoms with Crippen LogP contribution in [0.4, 0.5) is 18.9 Å². The van der Waals surface area contributed by atoms with Crippen LogP contribution in [0.5, 0.6) is 0 Å². The van der Waals surface area contributed by atoms with E-state index in [1.165, 1.54) is 18.2 Å². The Balaban J connectivity index is 2.62. The molecule has 0 aliphatic carbocycles. The molecule has 0 spiro atoms. The molecule has 0 radical (unpaired) electrons. The number of nitrogens with two attached hydrogens (primary N) is 1. The fourth-order valence-electron chi connectivity index (χ4n) is 1.57. The van der Waals surface area contributed by atoms with E-state index >= 15 is 0 Å². The number of nitrogen functional groups attached to an aromatic ring is 1. The van der Waals surface area contributed by atoms with E-state index in [1.807, 2.05) is 0 Å². The highest BCUT2D eigenvalue weighted by molar-refractivity contribution is 6.32. The Hall–Kier alpha value is -2.22. The number of hydrogen-bond acceptors (Lipinski definition) is 3. The van der Waals surface area contributed by atoms with E-state index in [4.69, 9.17) is 22.4 Å². The minimum Gasteiger partial charge on any atom is -0.478 e. The predicted molar refractivity (Wildman–Crippen MR) is 64.9 cm³/mol. The van der Waals surface area contributed by atoms with Gasteiger partial charge in [-0.3, -0.25) is 0 Å². The van der Waals surface area contributed by atoms with Crippen molar-refractivity contribution in [1.29, 1.82) is 0 Å². The Morgan fingerprint density at radius 3 is 2.50 bits per heavy atom. The molecule has 1 heterocycles. The molecule has 0 unspecified atom stereocenters. The van der Waals surface area contributed by atoms with Gasteiger partial charge in [-0.1, -0.05) is 11.6 Å². The van der Waals surface area contributed by atoms with E-state index in [-0.39, 0.29) is 10.7 Å². The van der Waals surface area contributed by atoms with Crippen LogP contribution in [0.25, 0.3) is 5.69 Å². The highest BCUT2D eigenvalue weighted by Gasteiger charge is 2.39. The van der Waals surface area contributed by atoms with Gasteiger partial charge in [-0.15, -0.1) is 0 Å². The summed E-state index contributed by atoms with van der Waals surface area (Å²) in [6.07, 6.45) is -4.12. The van der Waals surface area contributed by atoms with Gasteiger partial charge in [0.15, 0.2) is 5.69 Å². The van der Waals surface area contributed by atoms with Crippen LogP contribution in [0, 0.1) is 0 Å². The van der Waals surface area contributed by atoms with Crippen LogP contribution in [0.3, 0.4) is 0 Å². The Morgan fingerprint density at radius 1 is 1.40 bits per heavy atom. The van der Waals surface area contributed by atoms with Gasteiger partial charge in [-0.05, 0) is 18.2 Å². The van der Waals surface area contributed by atoms with E-state index in [0.717, 1.165) is 10.9 Å². The lowest BCUT2D eigenvalue weighted by Gasteiger charge is -2.05. The van der Waals surface area contributed by atoms with Gasteiger partial charge < -0.3 is 10.8 Å². The van der Waals surface area contributed by atoms with Crippen molar-refractivity contribution in [3.05, 3.63) is 40.7 Å². The first-order valence-electron chi connectivity index (χ1n) is 5.15. The standard InChI is InChI=1S/C11H7ClF3N3O2/c12-7-3-5(16)1-2-8(7)18-4-6(10(19)20)9(17-18)11(13,14)15/h1-4H,16H2,(H,19,20). The number of carboxylic acids is 1. The molecule has 0 saturated heterocycles. The van der Waals surface area contributed by atoms with Crippen LogP contribution in [-0.4, -0.2) is 20.9 Å². The molecule has 0 bridgehead atoms. The van der Waals surface area contributed by atoms with Gasteiger partial charge in [0.1, 0.15) is 5.56 Å². The Kier molecular flexibility index (Phi) is 3.34. The van der Waals surface area contributed by atoms with Crippen molar-refractivity contribution in [2.45, 2.75) is 6.18 Å². The zero-order chi connectivity index (χ0) is 15.1. The van der Waals surface area contributed by atoms with Crippen LogP contribution in [-0.2, 0) is 6.18 Å². The molecular weight excluding hydrogens is 299 g/mol. The molecular formula is C11H7ClF3N3O2. The normalized spacial score (nSPS) is 11.6. The summed E-state index contributed by atoms with van der Waals surface area (Å²) >= 11 is 5.85. The molecule has 1 aromatic carbocycles. The lowest BCUT2D eigenvalue weighted by atomic mass is 10.2. The Labute approximate surface area is 115 Å². The molecule has 0 aliphatic rings. The van der Waals surface area contributed by atoms with Gasteiger partial charge in [0, 0.05) is 11.9 Å². The molecule has 5 nitrogen and oxygen atoms in total. The van der Waals surface area contributed by atoms with E-state index < -0.39 is 23.4 Å². The van der Waals surface area contributed by atoms with Crippen molar-refractivity contribution in [1.82, 2.24) is 9.78 Å². The van der Waals surface area contributed by atoms with Crippen molar-refractivity contribution in [2.75, 3.05) is 5.73 Å². The average molecular weight is 306 g/mol. The third-order valence-electron chi connectivity index (χ3n) is 2.43. The van der Waals surface area contributed by atoms with Crippen LogP contribution >= 0.6 is 11.6 Å². The van der Waals surface area contributed by atoms with Crippen LogP contribution < -0.4 is 5.73 Å². The van der Waals surface area contributed by atoms with Crippen molar-refractivity contribution in [3.63, 3.8) is 0 Å². The smallest absolute Gasteiger partial charge is 0.436 e. The Morgan fingerprint density at radius 2 is 2.05 bits per heavy atom. The minimum absolute atomic E-state index is 0.0539. The molecule has 3 N–H and O–H groups in total. The molecule has 106 valence electrons. The van der Waals surface area contributed by atoms with Crippen molar-refractivity contribution < 1.29 is 23.1 Å². The number of halogens is 4. The Bertz CT molecular complexity index is 682. The maximum Gasteiger partial charge on any atom is 0.436 e. The van der Waals surface area contributed by atoms with Gasteiger partial charge in [-0.2, -0.15) is 18.3 Å². The van der Waals surface area contributed by atoms with Gasteiger partial charge in [0.25, 0.3) is 0 Å². The number of nitrogens with zero attached hydrogens (tertiary/aromatic N) is 2. The molecule has 0 fully saturated rings. The van der Waals surface area contributed by atoms with Crippen molar-refractivity contribution in [2.24, 2.45) is 0 Å². The number of carbonyl (C=O) groups is 1. The maximum atomic E-state index is 12.7. The molecule has 2 rings (SSSR count). The number of alkyl halides is 3. The highest BCUT2D eigenvalue weighted by atomic mass is 35.5. The predicted octanol–water partition coefficient (Wildman–Crippen LogP) is 2.82. The first-order valence-corrected chi connectivity index (χ1v) is 5.53.